The quantitative estimate of drug-likeness (QED) is 0.399. The molecule has 0 fully saturated rings. The zero-order chi connectivity index (χ0) is 23.9. The number of nitro groups is 1. The minimum atomic E-state index is -3.88. The van der Waals surface area contributed by atoms with Gasteiger partial charge in [-0.3, -0.25) is 14.9 Å². The van der Waals surface area contributed by atoms with Crippen molar-refractivity contribution in [2.45, 2.75) is 31.7 Å². The number of nitrogens with one attached hydrogen (secondary N) is 1. The van der Waals surface area contributed by atoms with E-state index in [-0.39, 0.29) is 29.8 Å². The number of carbonyl (C=O) groups excluding carboxylic acids is 1. The number of nitro benzene ring substituents is 1. The van der Waals surface area contributed by atoms with Gasteiger partial charge in [-0.2, -0.15) is 4.31 Å². The van der Waals surface area contributed by atoms with Crippen LogP contribution in [0.3, 0.4) is 0 Å². The zero-order valence-corrected chi connectivity index (χ0v) is 19.2. The van der Waals surface area contributed by atoms with Gasteiger partial charge >= 0.3 is 5.69 Å². The third kappa shape index (κ3) is 5.74. The number of sulfonamides is 1. The first-order chi connectivity index (χ1) is 15.1. The number of hydrogen-bond donors (Lipinski definition) is 1. The fraction of sp³-hybridized carbons (Fsp3) is 0.381. The summed E-state index contributed by atoms with van der Waals surface area (Å²) in [5, 5.41) is 14.2. The van der Waals surface area contributed by atoms with Crippen LogP contribution in [0.25, 0.3) is 0 Å². The molecule has 2 aromatic carbocycles. The standard InChI is InChI=1S/C21H27N3O7S/c1-5-23(6-2)32(28,29)16-11-12-20(18(13-16)24(26)27)31-14-21(25)22-15(3)17-9-7-8-10-19(17)30-4/h7-13,15H,5-6,14H2,1-4H3,(H,22,25). The number of ether oxygens (including phenoxy) is 2. The van der Waals surface area contributed by atoms with Gasteiger partial charge < -0.3 is 14.8 Å². The molecule has 2 rings (SSSR count). The molecular weight excluding hydrogens is 438 g/mol. The lowest BCUT2D eigenvalue weighted by Gasteiger charge is -2.19. The van der Waals surface area contributed by atoms with E-state index in [1.165, 1.54) is 23.5 Å². The van der Waals surface area contributed by atoms with E-state index in [0.29, 0.717) is 5.75 Å². The van der Waals surface area contributed by atoms with Gasteiger partial charge in [-0.15, -0.1) is 0 Å². The van der Waals surface area contributed by atoms with Crippen molar-refractivity contribution in [1.82, 2.24) is 9.62 Å². The van der Waals surface area contributed by atoms with E-state index in [4.69, 9.17) is 9.47 Å². The molecule has 1 amide bonds. The predicted molar refractivity (Wildman–Crippen MR) is 118 cm³/mol. The summed E-state index contributed by atoms with van der Waals surface area (Å²) in [6.45, 7) is 5.10. The van der Waals surface area contributed by atoms with Crippen molar-refractivity contribution >= 4 is 21.6 Å². The maximum absolute atomic E-state index is 12.6. The average Bonchev–Trinajstić information content (AvgIpc) is 2.77. The predicted octanol–water partition coefficient (Wildman–Crippen LogP) is 2.89. The fourth-order valence-corrected chi connectivity index (χ4v) is 4.64. The first-order valence-corrected chi connectivity index (χ1v) is 11.4. The van der Waals surface area contributed by atoms with Crippen LogP contribution in [0, 0.1) is 10.1 Å². The van der Waals surface area contributed by atoms with Gasteiger partial charge in [-0.25, -0.2) is 8.42 Å². The largest absolute Gasteiger partial charge is 0.496 e. The second-order valence-electron chi connectivity index (χ2n) is 6.80. The van der Waals surface area contributed by atoms with Crippen molar-refractivity contribution in [2.75, 3.05) is 26.8 Å². The maximum atomic E-state index is 12.6. The van der Waals surface area contributed by atoms with Crippen LogP contribution in [0.1, 0.15) is 32.4 Å². The van der Waals surface area contributed by atoms with E-state index in [1.807, 2.05) is 18.2 Å². The molecule has 0 aliphatic heterocycles. The molecule has 0 spiro atoms. The molecule has 0 radical (unpaired) electrons. The Kier molecular flexibility index (Phi) is 8.56. The Balaban J connectivity index is 2.15. The summed E-state index contributed by atoms with van der Waals surface area (Å²) in [5.74, 6) is -0.0898. The Hall–Kier alpha value is -3.18. The van der Waals surface area contributed by atoms with Crippen molar-refractivity contribution < 1.29 is 27.6 Å². The summed E-state index contributed by atoms with van der Waals surface area (Å²) < 4.78 is 37.1. The summed E-state index contributed by atoms with van der Waals surface area (Å²) >= 11 is 0. The molecule has 2 aromatic rings. The molecule has 32 heavy (non-hydrogen) atoms. The number of benzene rings is 2. The summed E-state index contributed by atoms with van der Waals surface area (Å²) in [6.07, 6.45) is 0. The van der Waals surface area contributed by atoms with Crippen LogP contribution in [0.2, 0.25) is 0 Å². The van der Waals surface area contributed by atoms with Gasteiger partial charge in [0, 0.05) is 24.7 Å². The van der Waals surface area contributed by atoms with Crippen molar-refractivity contribution in [3.63, 3.8) is 0 Å². The highest BCUT2D eigenvalue weighted by atomic mass is 32.2. The van der Waals surface area contributed by atoms with Gasteiger partial charge in [0.2, 0.25) is 10.0 Å². The van der Waals surface area contributed by atoms with Crippen LogP contribution in [0.4, 0.5) is 5.69 Å². The summed E-state index contributed by atoms with van der Waals surface area (Å²) in [4.78, 5) is 22.9. The molecule has 0 aliphatic rings. The fourth-order valence-electron chi connectivity index (χ4n) is 3.16. The number of para-hydroxylation sites is 1. The molecule has 0 aliphatic carbocycles. The highest BCUT2D eigenvalue weighted by molar-refractivity contribution is 7.89. The van der Waals surface area contributed by atoms with Crippen LogP contribution < -0.4 is 14.8 Å². The molecule has 1 unspecified atom stereocenters. The minimum absolute atomic E-state index is 0.200. The van der Waals surface area contributed by atoms with E-state index in [2.05, 4.69) is 5.32 Å². The van der Waals surface area contributed by atoms with Gasteiger partial charge in [-0.05, 0) is 25.1 Å². The van der Waals surface area contributed by atoms with Gasteiger partial charge in [-0.1, -0.05) is 32.0 Å². The highest BCUT2D eigenvalue weighted by Crippen LogP contribution is 2.31. The smallest absolute Gasteiger partial charge is 0.312 e. The van der Waals surface area contributed by atoms with E-state index in [1.54, 1.807) is 26.8 Å². The second kappa shape index (κ2) is 10.9. The normalized spacial score (nSPS) is 12.3. The number of hydrogen-bond acceptors (Lipinski definition) is 7. The lowest BCUT2D eigenvalue weighted by Crippen LogP contribution is -2.31. The Morgan fingerprint density at radius 2 is 1.81 bits per heavy atom. The molecule has 10 nitrogen and oxygen atoms in total. The molecule has 0 heterocycles. The molecule has 0 saturated heterocycles. The molecule has 0 aromatic heterocycles. The monoisotopic (exact) mass is 465 g/mol. The van der Waals surface area contributed by atoms with Gasteiger partial charge in [0.25, 0.3) is 5.91 Å². The van der Waals surface area contributed by atoms with Gasteiger partial charge in [0.15, 0.2) is 12.4 Å². The van der Waals surface area contributed by atoms with Crippen LogP contribution in [0.5, 0.6) is 11.5 Å². The van der Waals surface area contributed by atoms with E-state index >= 15 is 0 Å². The second-order valence-corrected chi connectivity index (χ2v) is 8.73. The summed E-state index contributed by atoms with van der Waals surface area (Å²) in [7, 11) is -2.35. The van der Waals surface area contributed by atoms with Gasteiger partial charge in [0.05, 0.1) is 23.0 Å². The van der Waals surface area contributed by atoms with Gasteiger partial charge in [0.1, 0.15) is 5.75 Å². The molecule has 1 N–H and O–H groups in total. The van der Waals surface area contributed by atoms with Crippen molar-refractivity contribution in [3.05, 3.63) is 58.1 Å². The topological polar surface area (TPSA) is 128 Å². The Bertz CT molecular complexity index is 1070. The molecule has 0 saturated carbocycles. The highest BCUT2D eigenvalue weighted by Gasteiger charge is 2.26. The zero-order valence-electron chi connectivity index (χ0n) is 18.4. The Labute approximate surface area is 187 Å². The minimum Gasteiger partial charge on any atom is -0.496 e. The number of carbonyl (C=O) groups is 1. The summed E-state index contributed by atoms with van der Waals surface area (Å²) in [6, 6.07) is 10.2. The van der Waals surface area contributed by atoms with Crippen LogP contribution in [-0.2, 0) is 14.8 Å². The molecule has 1 atom stereocenters. The SMILES string of the molecule is CCN(CC)S(=O)(=O)c1ccc(OCC(=O)NC(C)c2ccccc2OC)c([N+](=O)[O-])c1. The third-order valence-corrected chi connectivity index (χ3v) is 6.86. The number of rotatable bonds is 11. The first-order valence-electron chi connectivity index (χ1n) is 9.99. The van der Waals surface area contributed by atoms with Crippen LogP contribution in [-0.4, -0.2) is 50.4 Å². The number of amides is 1. The molecule has 174 valence electrons. The average molecular weight is 466 g/mol. The Morgan fingerprint density at radius 1 is 1.16 bits per heavy atom. The third-order valence-electron chi connectivity index (χ3n) is 4.81. The number of methoxy groups -OCH3 is 1. The summed E-state index contributed by atoms with van der Waals surface area (Å²) in [5.41, 5.74) is 0.226. The Morgan fingerprint density at radius 3 is 2.41 bits per heavy atom. The number of nitrogens with zero attached hydrogens (tertiary/aromatic N) is 2. The van der Waals surface area contributed by atoms with E-state index in [0.717, 1.165) is 11.6 Å². The van der Waals surface area contributed by atoms with Crippen LogP contribution >= 0.6 is 0 Å². The van der Waals surface area contributed by atoms with E-state index in [9.17, 15) is 23.3 Å². The first kappa shape index (κ1) is 25.1. The molecule has 0 bridgehead atoms. The van der Waals surface area contributed by atoms with E-state index < -0.39 is 33.1 Å². The lowest BCUT2D eigenvalue weighted by molar-refractivity contribution is -0.386. The van der Waals surface area contributed by atoms with Crippen molar-refractivity contribution in [1.29, 1.82) is 0 Å². The van der Waals surface area contributed by atoms with Crippen molar-refractivity contribution in [3.8, 4) is 11.5 Å². The molecular formula is C21H27N3O7S. The van der Waals surface area contributed by atoms with Crippen LogP contribution in [0.15, 0.2) is 47.4 Å². The maximum Gasteiger partial charge on any atom is 0.312 e. The lowest BCUT2D eigenvalue weighted by atomic mass is 10.1. The molecule has 11 heteroatoms. The van der Waals surface area contributed by atoms with Crippen molar-refractivity contribution in [2.24, 2.45) is 0 Å².